The normalized spacial score (nSPS) is 23.7. The number of aromatic nitrogens is 2. The molecule has 6 nitrogen and oxygen atoms in total. The van der Waals surface area contributed by atoms with Crippen LogP contribution in [0.4, 0.5) is 5.69 Å². The van der Waals surface area contributed by atoms with Crippen molar-refractivity contribution in [3.05, 3.63) is 12.4 Å². The third kappa shape index (κ3) is 3.46. The van der Waals surface area contributed by atoms with Gasteiger partial charge >= 0.3 is 0 Å². The number of carbonyl (C=O) groups is 1. The van der Waals surface area contributed by atoms with Crippen LogP contribution >= 0.6 is 0 Å². The van der Waals surface area contributed by atoms with E-state index in [9.17, 15) is 4.79 Å². The predicted octanol–water partition coefficient (Wildman–Crippen LogP) is 0.311. The maximum atomic E-state index is 11.2. The summed E-state index contributed by atoms with van der Waals surface area (Å²) in [5, 5.41) is 10.2. The molecule has 0 radical (unpaired) electrons. The van der Waals surface area contributed by atoms with E-state index in [2.05, 4.69) is 15.7 Å². The summed E-state index contributed by atoms with van der Waals surface area (Å²) in [6, 6.07) is 0.726. The minimum absolute atomic E-state index is 0.0515. The Balaban J connectivity index is 1.88. The van der Waals surface area contributed by atoms with Crippen molar-refractivity contribution in [2.24, 2.45) is 5.73 Å². The molecule has 0 spiro atoms. The number of hydrogen-bond donors (Lipinski definition) is 3. The molecule has 2 rings (SSSR count). The largest absolute Gasteiger partial charge is 0.380 e. The van der Waals surface area contributed by atoms with E-state index < -0.39 is 0 Å². The molecule has 2 atom stereocenters. The van der Waals surface area contributed by atoms with Crippen LogP contribution in [0.3, 0.4) is 0 Å². The lowest BCUT2D eigenvalue weighted by atomic mass is 9.91. The molecular formula is C12H21N5O. The maximum Gasteiger partial charge on any atom is 0.241 e. The quantitative estimate of drug-likeness (QED) is 0.719. The van der Waals surface area contributed by atoms with Gasteiger partial charge in [0.1, 0.15) is 6.54 Å². The van der Waals surface area contributed by atoms with E-state index in [4.69, 9.17) is 5.73 Å². The Hall–Kier alpha value is -1.56. The van der Waals surface area contributed by atoms with Gasteiger partial charge < -0.3 is 16.4 Å². The summed E-state index contributed by atoms with van der Waals surface area (Å²) in [7, 11) is 1.62. The summed E-state index contributed by atoms with van der Waals surface area (Å²) in [6.45, 7) is 0.252. The predicted molar refractivity (Wildman–Crippen MR) is 70.1 cm³/mol. The first kappa shape index (κ1) is 12.9. The smallest absolute Gasteiger partial charge is 0.241 e. The van der Waals surface area contributed by atoms with Crippen LogP contribution in [0, 0.1) is 0 Å². The molecule has 0 aliphatic heterocycles. The molecule has 1 aromatic heterocycles. The Morgan fingerprint density at radius 1 is 1.61 bits per heavy atom. The SMILES string of the molecule is CNC(=O)Cn1cc(NC2CCCC(N)C2)cn1. The molecule has 1 saturated carbocycles. The average molecular weight is 251 g/mol. The second-order valence-electron chi connectivity index (χ2n) is 4.87. The van der Waals surface area contributed by atoms with Gasteiger partial charge in [-0.2, -0.15) is 5.10 Å². The molecule has 1 aromatic rings. The Morgan fingerprint density at radius 3 is 3.17 bits per heavy atom. The Bertz CT molecular complexity index is 403. The van der Waals surface area contributed by atoms with E-state index in [1.165, 1.54) is 6.42 Å². The Labute approximate surface area is 107 Å². The van der Waals surface area contributed by atoms with Crippen molar-refractivity contribution in [3.8, 4) is 0 Å². The first-order chi connectivity index (χ1) is 8.67. The second-order valence-corrected chi connectivity index (χ2v) is 4.87. The van der Waals surface area contributed by atoms with E-state index in [0.717, 1.165) is 24.9 Å². The fraction of sp³-hybridized carbons (Fsp3) is 0.667. The number of rotatable bonds is 4. The first-order valence-electron chi connectivity index (χ1n) is 6.42. The second kappa shape index (κ2) is 5.86. The molecule has 0 saturated heterocycles. The number of nitrogens with zero attached hydrogens (tertiary/aromatic N) is 2. The number of nitrogens with one attached hydrogen (secondary N) is 2. The van der Waals surface area contributed by atoms with Gasteiger partial charge in [0.05, 0.1) is 11.9 Å². The summed E-state index contributed by atoms with van der Waals surface area (Å²) in [5.74, 6) is -0.0515. The zero-order chi connectivity index (χ0) is 13.0. The van der Waals surface area contributed by atoms with Crippen molar-refractivity contribution in [1.82, 2.24) is 15.1 Å². The van der Waals surface area contributed by atoms with Gasteiger partial charge in [0, 0.05) is 25.3 Å². The van der Waals surface area contributed by atoms with Crippen LogP contribution in [0.25, 0.3) is 0 Å². The summed E-state index contributed by atoms with van der Waals surface area (Å²) >= 11 is 0. The molecule has 1 fully saturated rings. The standard InChI is InChI=1S/C12H21N5O/c1-14-12(18)8-17-7-11(6-15-17)16-10-4-2-3-9(13)5-10/h6-7,9-10,16H,2-5,8,13H2,1H3,(H,14,18). The van der Waals surface area contributed by atoms with Crippen molar-refractivity contribution in [2.75, 3.05) is 12.4 Å². The van der Waals surface area contributed by atoms with Gasteiger partial charge in [-0.05, 0) is 25.7 Å². The molecule has 1 aliphatic rings. The lowest BCUT2D eigenvalue weighted by molar-refractivity contribution is -0.121. The van der Waals surface area contributed by atoms with Crippen LogP contribution in [0.1, 0.15) is 25.7 Å². The van der Waals surface area contributed by atoms with Crippen molar-refractivity contribution in [3.63, 3.8) is 0 Å². The van der Waals surface area contributed by atoms with E-state index >= 15 is 0 Å². The molecule has 2 unspecified atom stereocenters. The van der Waals surface area contributed by atoms with Gasteiger partial charge in [-0.1, -0.05) is 0 Å². The minimum atomic E-state index is -0.0515. The number of anilines is 1. The van der Waals surface area contributed by atoms with E-state index in [1.807, 2.05) is 6.20 Å². The van der Waals surface area contributed by atoms with E-state index in [-0.39, 0.29) is 12.5 Å². The zero-order valence-corrected chi connectivity index (χ0v) is 10.7. The molecule has 0 bridgehead atoms. The molecule has 4 N–H and O–H groups in total. The van der Waals surface area contributed by atoms with Crippen LogP contribution in [0.5, 0.6) is 0 Å². The molecule has 1 heterocycles. The Morgan fingerprint density at radius 2 is 2.44 bits per heavy atom. The number of likely N-dealkylation sites (N-methyl/N-ethyl adjacent to an activating group) is 1. The number of hydrogen-bond acceptors (Lipinski definition) is 4. The molecule has 0 aromatic carbocycles. The van der Waals surface area contributed by atoms with Gasteiger partial charge in [-0.15, -0.1) is 0 Å². The maximum absolute atomic E-state index is 11.2. The summed E-state index contributed by atoms with van der Waals surface area (Å²) in [5.41, 5.74) is 6.91. The number of nitrogens with two attached hydrogens (primary N) is 1. The molecule has 18 heavy (non-hydrogen) atoms. The van der Waals surface area contributed by atoms with Crippen LogP contribution in [-0.2, 0) is 11.3 Å². The zero-order valence-electron chi connectivity index (χ0n) is 10.7. The lowest BCUT2D eigenvalue weighted by Crippen LogP contribution is -2.34. The van der Waals surface area contributed by atoms with Crippen molar-refractivity contribution in [1.29, 1.82) is 0 Å². The monoisotopic (exact) mass is 251 g/mol. The number of amides is 1. The lowest BCUT2D eigenvalue weighted by Gasteiger charge is -2.27. The molecular weight excluding hydrogens is 230 g/mol. The highest BCUT2D eigenvalue weighted by Crippen LogP contribution is 2.20. The Kier molecular flexibility index (Phi) is 4.19. The third-order valence-electron chi connectivity index (χ3n) is 3.30. The van der Waals surface area contributed by atoms with Crippen molar-refractivity contribution >= 4 is 11.6 Å². The molecule has 100 valence electrons. The minimum Gasteiger partial charge on any atom is -0.380 e. The average Bonchev–Trinajstić information content (AvgIpc) is 2.76. The first-order valence-corrected chi connectivity index (χ1v) is 6.42. The molecule has 1 aliphatic carbocycles. The van der Waals surface area contributed by atoms with Crippen molar-refractivity contribution < 1.29 is 4.79 Å². The fourth-order valence-corrected chi connectivity index (χ4v) is 2.35. The van der Waals surface area contributed by atoms with Gasteiger partial charge in [0.2, 0.25) is 5.91 Å². The number of carbonyl (C=O) groups excluding carboxylic acids is 1. The summed E-state index contributed by atoms with van der Waals surface area (Å²) in [4.78, 5) is 11.2. The van der Waals surface area contributed by atoms with Gasteiger partial charge in [-0.3, -0.25) is 9.48 Å². The summed E-state index contributed by atoms with van der Waals surface area (Å²) < 4.78 is 1.63. The fourth-order valence-electron chi connectivity index (χ4n) is 2.35. The molecule has 6 heteroatoms. The highest BCUT2D eigenvalue weighted by atomic mass is 16.1. The molecule has 1 amide bonds. The third-order valence-corrected chi connectivity index (χ3v) is 3.30. The van der Waals surface area contributed by atoms with Crippen LogP contribution < -0.4 is 16.4 Å². The highest BCUT2D eigenvalue weighted by Gasteiger charge is 2.19. The van der Waals surface area contributed by atoms with Gasteiger partial charge in [0.15, 0.2) is 0 Å². The van der Waals surface area contributed by atoms with Crippen LogP contribution in [0.2, 0.25) is 0 Å². The summed E-state index contributed by atoms with van der Waals surface area (Å²) in [6.07, 6.45) is 8.05. The van der Waals surface area contributed by atoms with Gasteiger partial charge in [0.25, 0.3) is 0 Å². The van der Waals surface area contributed by atoms with Gasteiger partial charge in [-0.25, -0.2) is 0 Å². The highest BCUT2D eigenvalue weighted by molar-refractivity contribution is 5.75. The van der Waals surface area contributed by atoms with Crippen molar-refractivity contribution in [2.45, 2.75) is 44.3 Å². The van der Waals surface area contributed by atoms with E-state index in [0.29, 0.717) is 12.1 Å². The van der Waals surface area contributed by atoms with Crippen LogP contribution in [0.15, 0.2) is 12.4 Å². The topological polar surface area (TPSA) is 85.0 Å². The van der Waals surface area contributed by atoms with Crippen LogP contribution in [-0.4, -0.2) is 34.8 Å². The van der Waals surface area contributed by atoms with E-state index in [1.54, 1.807) is 17.9 Å².